The molecule has 1 N–H and O–H groups in total. The first-order valence-corrected chi connectivity index (χ1v) is 6.86. The summed E-state index contributed by atoms with van der Waals surface area (Å²) in [6.07, 6.45) is -0.506. The molecule has 3 nitrogen and oxygen atoms in total. The standard InChI is InChI=1S/C15H13NO2S/c1-10(17)11-6-2-5-9-14(11)19-15-16-12-7-3-4-8-13(12)18-15/h2-10,17H,1H3/t10-/m0/s1. The van der Waals surface area contributed by atoms with E-state index in [0.29, 0.717) is 5.22 Å². The molecule has 3 rings (SSSR count). The fourth-order valence-electron chi connectivity index (χ4n) is 1.91. The third-order valence-electron chi connectivity index (χ3n) is 2.84. The Kier molecular flexibility index (Phi) is 3.27. The first-order valence-electron chi connectivity index (χ1n) is 6.04. The number of nitrogens with zero attached hydrogens (tertiary/aromatic N) is 1. The van der Waals surface area contributed by atoms with Gasteiger partial charge in [0.05, 0.1) is 6.10 Å². The van der Waals surface area contributed by atoms with Crippen LogP contribution in [-0.4, -0.2) is 10.1 Å². The van der Waals surface area contributed by atoms with Crippen LogP contribution >= 0.6 is 11.8 Å². The quantitative estimate of drug-likeness (QED) is 0.781. The van der Waals surface area contributed by atoms with Crippen molar-refractivity contribution < 1.29 is 9.52 Å². The van der Waals surface area contributed by atoms with Crippen LogP contribution in [0.4, 0.5) is 0 Å². The molecule has 1 aromatic heterocycles. The highest BCUT2D eigenvalue weighted by molar-refractivity contribution is 7.99. The molecule has 0 bridgehead atoms. The monoisotopic (exact) mass is 271 g/mol. The SMILES string of the molecule is C[C@H](O)c1ccccc1Sc1nc2ccccc2o1. The minimum Gasteiger partial charge on any atom is -0.431 e. The van der Waals surface area contributed by atoms with Crippen molar-refractivity contribution in [3.05, 3.63) is 54.1 Å². The van der Waals surface area contributed by atoms with E-state index in [9.17, 15) is 5.11 Å². The number of hydrogen-bond acceptors (Lipinski definition) is 4. The van der Waals surface area contributed by atoms with E-state index in [1.54, 1.807) is 6.92 Å². The molecule has 96 valence electrons. The largest absolute Gasteiger partial charge is 0.431 e. The lowest BCUT2D eigenvalue weighted by atomic mass is 10.1. The second kappa shape index (κ2) is 5.07. The van der Waals surface area contributed by atoms with Gasteiger partial charge >= 0.3 is 0 Å². The molecule has 0 radical (unpaired) electrons. The van der Waals surface area contributed by atoms with E-state index in [4.69, 9.17) is 4.42 Å². The summed E-state index contributed by atoms with van der Waals surface area (Å²) in [6, 6.07) is 15.4. The number of para-hydroxylation sites is 2. The molecule has 3 aromatic rings. The van der Waals surface area contributed by atoms with Crippen LogP contribution < -0.4 is 0 Å². The van der Waals surface area contributed by atoms with Gasteiger partial charge in [-0.05, 0) is 42.4 Å². The van der Waals surface area contributed by atoms with Crippen molar-refractivity contribution in [3.63, 3.8) is 0 Å². The Hall–Kier alpha value is -1.78. The van der Waals surface area contributed by atoms with Gasteiger partial charge in [0.25, 0.3) is 5.22 Å². The van der Waals surface area contributed by atoms with E-state index >= 15 is 0 Å². The number of rotatable bonds is 3. The van der Waals surface area contributed by atoms with Crippen LogP contribution in [0, 0.1) is 0 Å². The summed E-state index contributed by atoms with van der Waals surface area (Å²) >= 11 is 1.43. The molecule has 0 spiro atoms. The number of aromatic nitrogens is 1. The maximum absolute atomic E-state index is 9.76. The van der Waals surface area contributed by atoms with Crippen LogP contribution in [0.25, 0.3) is 11.1 Å². The van der Waals surface area contributed by atoms with Gasteiger partial charge in [0, 0.05) is 4.90 Å². The molecule has 0 saturated heterocycles. The summed E-state index contributed by atoms with van der Waals surface area (Å²) in [6.45, 7) is 1.76. The van der Waals surface area contributed by atoms with E-state index in [0.717, 1.165) is 21.6 Å². The molecule has 0 unspecified atom stereocenters. The predicted molar refractivity (Wildman–Crippen MR) is 75.2 cm³/mol. The molecule has 0 aliphatic heterocycles. The summed E-state index contributed by atoms with van der Waals surface area (Å²) < 4.78 is 5.68. The van der Waals surface area contributed by atoms with Crippen LogP contribution in [0.1, 0.15) is 18.6 Å². The molecule has 1 atom stereocenters. The van der Waals surface area contributed by atoms with Crippen molar-refractivity contribution in [2.24, 2.45) is 0 Å². The zero-order chi connectivity index (χ0) is 13.2. The number of hydrogen-bond donors (Lipinski definition) is 1. The summed E-state index contributed by atoms with van der Waals surface area (Å²) in [7, 11) is 0. The zero-order valence-corrected chi connectivity index (χ0v) is 11.2. The van der Waals surface area contributed by atoms with E-state index < -0.39 is 6.10 Å². The van der Waals surface area contributed by atoms with Crippen LogP contribution in [0.2, 0.25) is 0 Å². The van der Waals surface area contributed by atoms with Gasteiger partial charge < -0.3 is 9.52 Å². The highest BCUT2D eigenvalue weighted by atomic mass is 32.2. The number of fused-ring (bicyclic) bond motifs is 1. The van der Waals surface area contributed by atoms with Gasteiger partial charge in [-0.15, -0.1) is 0 Å². The van der Waals surface area contributed by atoms with E-state index in [1.807, 2.05) is 48.5 Å². The second-order valence-corrected chi connectivity index (χ2v) is 5.26. The Labute approximate surface area is 115 Å². The number of aliphatic hydroxyl groups excluding tert-OH is 1. The molecule has 19 heavy (non-hydrogen) atoms. The lowest BCUT2D eigenvalue weighted by Gasteiger charge is -2.09. The highest BCUT2D eigenvalue weighted by Crippen LogP contribution is 2.34. The van der Waals surface area contributed by atoms with Crippen molar-refractivity contribution in [1.29, 1.82) is 0 Å². The summed E-state index contributed by atoms with van der Waals surface area (Å²) in [4.78, 5) is 5.39. The van der Waals surface area contributed by atoms with Crippen LogP contribution in [0.15, 0.2) is 63.1 Å². The Balaban J connectivity index is 1.97. The minimum atomic E-state index is -0.506. The van der Waals surface area contributed by atoms with Crippen molar-refractivity contribution >= 4 is 22.9 Å². The van der Waals surface area contributed by atoms with Gasteiger partial charge in [-0.3, -0.25) is 0 Å². The van der Waals surface area contributed by atoms with E-state index in [2.05, 4.69) is 4.98 Å². The van der Waals surface area contributed by atoms with Crippen molar-refractivity contribution in [3.8, 4) is 0 Å². The molecule has 1 heterocycles. The molecule has 0 aliphatic rings. The van der Waals surface area contributed by atoms with Gasteiger partial charge in [-0.2, -0.15) is 0 Å². The summed E-state index contributed by atoms with van der Waals surface area (Å²) in [5.74, 6) is 0. The summed E-state index contributed by atoms with van der Waals surface area (Å²) in [5.41, 5.74) is 2.51. The normalized spacial score (nSPS) is 12.7. The van der Waals surface area contributed by atoms with Crippen molar-refractivity contribution in [2.45, 2.75) is 23.1 Å². The second-order valence-electron chi connectivity index (χ2n) is 4.26. The maximum Gasteiger partial charge on any atom is 0.261 e. The number of benzene rings is 2. The fourth-order valence-corrected chi connectivity index (χ4v) is 2.87. The summed E-state index contributed by atoms with van der Waals surface area (Å²) in [5, 5.41) is 10.3. The molecule has 0 aliphatic carbocycles. The van der Waals surface area contributed by atoms with Crippen LogP contribution in [-0.2, 0) is 0 Å². The van der Waals surface area contributed by atoms with Crippen LogP contribution in [0.3, 0.4) is 0 Å². The first-order chi connectivity index (χ1) is 9.24. The molecule has 4 heteroatoms. The lowest BCUT2D eigenvalue weighted by Crippen LogP contribution is -1.93. The molecule has 0 fully saturated rings. The molecule has 0 amide bonds. The minimum absolute atomic E-state index is 0.506. The molecular weight excluding hydrogens is 258 g/mol. The van der Waals surface area contributed by atoms with Crippen molar-refractivity contribution in [1.82, 2.24) is 4.98 Å². The number of oxazole rings is 1. The predicted octanol–water partition coefficient (Wildman–Crippen LogP) is 4.03. The maximum atomic E-state index is 9.76. The molecule has 0 saturated carbocycles. The van der Waals surface area contributed by atoms with Gasteiger partial charge in [0.2, 0.25) is 0 Å². The number of aliphatic hydroxyl groups is 1. The zero-order valence-electron chi connectivity index (χ0n) is 10.4. The molecule has 2 aromatic carbocycles. The fraction of sp³-hybridized carbons (Fsp3) is 0.133. The van der Waals surface area contributed by atoms with E-state index in [-0.39, 0.29) is 0 Å². The van der Waals surface area contributed by atoms with Crippen molar-refractivity contribution in [2.75, 3.05) is 0 Å². The first kappa shape index (κ1) is 12.3. The Bertz CT molecular complexity index is 673. The Morgan fingerprint density at radius 1 is 1.11 bits per heavy atom. The topological polar surface area (TPSA) is 46.3 Å². The molecular formula is C15H13NO2S. The third-order valence-corrected chi connectivity index (χ3v) is 3.78. The highest BCUT2D eigenvalue weighted by Gasteiger charge is 2.12. The smallest absolute Gasteiger partial charge is 0.261 e. The van der Waals surface area contributed by atoms with Gasteiger partial charge in [0.15, 0.2) is 5.58 Å². The average Bonchev–Trinajstić information content (AvgIpc) is 2.81. The van der Waals surface area contributed by atoms with E-state index in [1.165, 1.54) is 11.8 Å². The lowest BCUT2D eigenvalue weighted by molar-refractivity contribution is 0.196. The Morgan fingerprint density at radius 3 is 2.63 bits per heavy atom. The third kappa shape index (κ3) is 2.50. The Morgan fingerprint density at radius 2 is 1.84 bits per heavy atom. The average molecular weight is 271 g/mol. The van der Waals surface area contributed by atoms with Gasteiger partial charge in [-0.25, -0.2) is 4.98 Å². The van der Waals surface area contributed by atoms with Gasteiger partial charge in [0.1, 0.15) is 5.52 Å². The van der Waals surface area contributed by atoms with Gasteiger partial charge in [-0.1, -0.05) is 30.3 Å². The van der Waals surface area contributed by atoms with Crippen LogP contribution in [0.5, 0.6) is 0 Å².